The van der Waals surface area contributed by atoms with Gasteiger partial charge in [0.2, 0.25) is 18.6 Å². The molecule has 0 spiro atoms. The number of halogens is 1. The fraction of sp³-hybridized carbons (Fsp3) is 0.333. The molecular weight excluding hydrogens is 553 g/mol. The summed E-state index contributed by atoms with van der Waals surface area (Å²) in [6.07, 6.45) is 2.54. The lowest BCUT2D eigenvalue weighted by Crippen LogP contribution is -2.38. The van der Waals surface area contributed by atoms with E-state index in [1.165, 1.54) is 16.5 Å². The minimum Gasteiger partial charge on any atom is -0.473 e. The standard InChI is InChI=1S/C33H38FN3O6/c1-20(2)13-14-41-31-11-7-24(18-36-31)27-15-23(6)28(16-22(27)5)26-9-8-25(17-29(26)34)37(21(3)4)33(40)43-19-42-32(39)12-10-30(35)38/h7-9,11,13,15-18,21H,10,12,14,19H2,1-6H3,(H2,35,38). The predicted molar refractivity (Wildman–Crippen MR) is 163 cm³/mol. The van der Waals surface area contributed by atoms with Gasteiger partial charge in [-0.05, 0) is 94.1 Å². The van der Waals surface area contributed by atoms with Crippen molar-refractivity contribution in [1.82, 2.24) is 4.98 Å². The molecule has 1 heterocycles. The molecule has 10 heteroatoms. The number of carbonyl (C=O) groups is 3. The lowest BCUT2D eigenvalue weighted by molar-refractivity contribution is -0.152. The van der Waals surface area contributed by atoms with E-state index in [0.29, 0.717) is 18.1 Å². The van der Waals surface area contributed by atoms with Crippen LogP contribution in [0.4, 0.5) is 14.9 Å². The van der Waals surface area contributed by atoms with Crippen molar-refractivity contribution in [3.8, 4) is 28.1 Å². The van der Waals surface area contributed by atoms with Crippen LogP contribution in [0.2, 0.25) is 0 Å². The minimum atomic E-state index is -0.816. The van der Waals surface area contributed by atoms with E-state index in [9.17, 15) is 14.4 Å². The largest absolute Gasteiger partial charge is 0.473 e. The third-order valence-electron chi connectivity index (χ3n) is 6.55. The average Bonchev–Trinajstić information content (AvgIpc) is 2.93. The molecule has 0 aliphatic carbocycles. The Morgan fingerprint density at radius 2 is 1.65 bits per heavy atom. The molecule has 0 fully saturated rings. The van der Waals surface area contributed by atoms with E-state index in [4.69, 9.17) is 19.9 Å². The Morgan fingerprint density at radius 3 is 2.26 bits per heavy atom. The van der Waals surface area contributed by atoms with E-state index in [-0.39, 0.29) is 24.6 Å². The van der Waals surface area contributed by atoms with Crippen LogP contribution in [0.15, 0.2) is 60.3 Å². The summed E-state index contributed by atoms with van der Waals surface area (Å²) in [5.41, 5.74) is 11.3. The number of hydrogen-bond acceptors (Lipinski definition) is 7. The van der Waals surface area contributed by atoms with E-state index >= 15 is 4.39 Å². The Labute approximate surface area is 251 Å². The molecule has 2 amide bonds. The maximum atomic E-state index is 15.5. The summed E-state index contributed by atoms with van der Waals surface area (Å²) in [6.45, 7) is 11.2. The van der Waals surface area contributed by atoms with Gasteiger partial charge in [0.15, 0.2) is 0 Å². The van der Waals surface area contributed by atoms with Crippen molar-refractivity contribution in [2.45, 2.75) is 60.4 Å². The van der Waals surface area contributed by atoms with Crippen LogP contribution in [0.3, 0.4) is 0 Å². The molecule has 0 aliphatic heterocycles. The summed E-state index contributed by atoms with van der Waals surface area (Å²) in [5, 5.41) is 0. The summed E-state index contributed by atoms with van der Waals surface area (Å²) in [4.78, 5) is 40.9. The maximum Gasteiger partial charge on any atom is 0.417 e. The van der Waals surface area contributed by atoms with Crippen molar-refractivity contribution in [2.24, 2.45) is 5.73 Å². The zero-order chi connectivity index (χ0) is 31.7. The molecule has 0 atom stereocenters. The number of esters is 1. The van der Waals surface area contributed by atoms with Gasteiger partial charge in [0.25, 0.3) is 0 Å². The number of primary amides is 1. The highest BCUT2D eigenvalue weighted by molar-refractivity contribution is 5.89. The third kappa shape index (κ3) is 9.13. The number of nitrogens with two attached hydrogens (primary N) is 1. The van der Waals surface area contributed by atoms with Gasteiger partial charge in [0.05, 0.1) is 12.1 Å². The highest BCUT2D eigenvalue weighted by Gasteiger charge is 2.23. The number of nitrogens with zero attached hydrogens (tertiary/aromatic N) is 2. The molecule has 43 heavy (non-hydrogen) atoms. The van der Waals surface area contributed by atoms with Crippen molar-refractivity contribution in [1.29, 1.82) is 0 Å². The van der Waals surface area contributed by atoms with Crippen molar-refractivity contribution in [3.63, 3.8) is 0 Å². The normalized spacial score (nSPS) is 10.7. The van der Waals surface area contributed by atoms with Gasteiger partial charge in [-0.25, -0.2) is 14.2 Å². The van der Waals surface area contributed by atoms with E-state index in [2.05, 4.69) is 4.98 Å². The van der Waals surface area contributed by atoms with Gasteiger partial charge in [-0.15, -0.1) is 0 Å². The number of aromatic nitrogens is 1. The van der Waals surface area contributed by atoms with Gasteiger partial charge in [0, 0.05) is 35.9 Å². The zero-order valence-corrected chi connectivity index (χ0v) is 25.4. The molecule has 0 radical (unpaired) electrons. The van der Waals surface area contributed by atoms with Gasteiger partial charge in [-0.1, -0.05) is 17.7 Å². The summed E-state index contributed by atoms with van der Waals surface area (Å²) >= 11 is 0. The molecule has 3 rings (SSSR count). The lowest BCUT2D eigenvalue weighted by Gasteiger charge is -2.26. The lowest BCUT2D eigenvalue weighted by atomic mass is 9.92. The SMILES string of the molecule is CC(C)=CCOc1ccc(-c2cc(C)c(-c3ccc(N(C(=O)OCOC(=O)CCC(N)=O)C(C)C)cc3F)cc2C)cn1. The second kappa shape index (κ2) is 14.9. The highest BCUT2D eigenvalue weighted by Crippen LogP contribution is 2.35. The van der Waals surface area contributed by atoms with Crippen LogP contribution in [-0.2, 0) is 19.1 Å². The number of allylic oxidation sites excluding steroid dienone is 1. The zero-order valence-electron chi connectivity index (χ0n) is 25.4. The number of benzene rings is 2. The molecule has 1 aromatic heterocycles. The quantitative estimate of drug-likeness (QED) is 0.142. The molecule has 0 bridgehead atoms. The first kappa shape index (κ1) is 32.8. The molecule has 228 valence electrons. The number of aryl methyl sites for hydroxylation is 2. The molecule has 0 saturated heterocycles. The number of amides is 2. The summed E-state index contributed by atoms with van der Waals surface area (Å²) in [7, 11) is 0. The van der Waals surface area contributed by atoms with Gasteiger partial charge in [-0.2, -0.15) is 0 Å². The summed E-state index contributed by atoms with van der Waals surface area (Å²) in [5.74, 6) is -1.35. The Balaban J connectivity index is 1.76. The molecule has 0 saturated carbocycles. The smallest absolute Gasteiger partial charge is 0.417 e. The molecule has 0 aliphatic rings. The number of anilines is 1. The number of hydrogen-bond donors (Lipinski definition) is 1. The average molecular weight is 592 g/mol. The number of carbonyl (C=O) groups excluding carboxylic acids is 3. The summed E-state index contributed by atoms with van der Waals surface area (Å²) < 4.78 is 31.1. The Hall–Kier alpha value is -4.73. The van der Waals surface area contributed by atoms with Crippen LogP contribution in [-0.4, -0.2) is 42.4 Å². The first-order chi connectivity index (χ1) is 20.4. The Bertz CT molecular complexity index is 1500. The fourth-order valence-electron chi connectivity index (χ4n) is 4.34. The van der Waals surface area contributed by atoms with Crippen molar-refractivity contribution in [3.05, 3.63) is 77.3 Å². The van der Waals surface area contributed by atoms with E-state index in [0.717, 1.165) is 27.8 Å². The van der Waals surface area contributed by atoms with E-state index in [1.54, 1.807) is 32.2 Å². The van der Waals surface area contributed by atoms with Crippen molar-refractivity contribution in [2.75, 3.05) is 18.3 Å². The van der Waals surface area contributed by atoms with Crippen LogP contribution < -0.4 is 15.4 Å². The maximum absolute atomic E-state index is 15.5. The topological polar surface area (TPSA) is 121 Å². The molecular formula is C33H38FN3O6. The molecule has 3 aromatic rings. The molecule has 2 aromatic carbocycles. The Morgan fingerprint density at radius 1 is 0.953 bits per heavy atom. The first-order valence-corrected chi connectivity index (χ1v) is 13.9. The van der Waals surface area contributed by atoms with Gasteiger partial charge >= 0.3 is 12.1 Å². The predicted octanol–water partition coefficient (Wildman–Crippen LogP) is 6.63. The Kier molecular flexibility index (Phi) is 11.4. The van der Waals surface area contributed by atoms with Gasteiger partial charge < -0.3 is 19.9 Å². The highest BCUT2D eigenvalue weighted by atomic mass is 19.1. The number of ether oxygens (including phenoxy) is 3. The minimum absolute atomic E-state index is 0.172. The first-order valence-electron chi connectivity index (χ1n) is 13.9. The van der Waals surface area contributed by atoms with E-state index < -0.39 is 30.6 Å². The second-order valence-corrected chi connectivity index (χ2v) is 10.6. The summed E-state index contributed by atoms with van der Waals surface area (Å²) in [6, 6.07) is 11.9. The number of rotatable bonds is 12. The van der Waals surface area contributed by atoms with Crippen LogP contribution >= 0.6 is 0 Å². The fourth-order valence-corrected chi connectivity index (χ4v) is 4.34. The second-order valence-electron chi connectivity index (χ2n) is 10.6. The van der Waals surface area contributed by atoms with Gasteiger partial charge in [-0.3, -0.25) is 14.5 Å². The molecule has 0 unspecified atom stereocenters. The van der Waals surface area contributed by atoms with Crippen LogP contribution in [0, 0.1) is 19.7 Å². The van der Waals surface area contributed by atoms with Crippen LogP contribution in [0.5, 0.6) is 5.88 Å². The van der Waals surface area contributed by atoms with Crippen molar-refractivity contribution < 1.29 is 33.0 Å². The van der Waals surface area contributed by atoms with Crippen LogP contribution in [0.25, 0.3) is 22.3 Å². The van der Waals surface area contributed by atoms with Crippen LogP contribution in [0.1, 0.15) is 51.7 Å². The van der Waals surface area contributed by atoms with Gasteiger partial charge in [0.1, 0.15) is 12.4 Å². The monoisotopic (exact) mass is 591 g/mol. The number of pyridine rings is 1. The van der Waals surface area contributed by atoms with E-state index in [1.807, 2.05) is 58.0 Å². The molecule has 2 N–H and O–H groups in total. The van der Waals surface area contributed by atoms with Crippen molar-refractivity contribution >= 4 is 23.7 Å². The third-order valence-corrected chi connectivity index (χ3v) is 6.55. The molecule has 9 nitrogen and oxygen atoms in total.